The van der Waals surface area contributed by atoms with E-state index < -0.39 is 0 Å². The van der Waals surface area contributed by atoms with Gasteiger partial charge in [0.15, 0.2) is 0 Å². The van der Waals surface area contributed by atoms with Gasteiger partial charge in [0.05, 0.1) is 0 Å². The van der Waals surface area contributed by atoms with Gasteiger partial charge in [-0.2, -0.15) is 0 Å². The molecule has 14 heavy (non-hydrogen) atoms. The van der Waals surface area contributed by atoms with Crippen molar-refractivity contribution in [2.75, 3.05) is 19.8 Å². The first kappa shape index (κ1) is 9.97. The van der Waals surface area contributed by atoms with Crippen molar-refractivity contribution in [1.29, 1.82) is 0 Å². The summed E-state index contributed by atoms with van der Waals surface area (Å²) >= 11 is 6.10. The highest BCUT2D eigenvalue weighted by molar-refractivity contribution is 6.31. The molecule has 1 aliphatic rings. The Balaban J connectivity index is 1.99. The maximum Gasteiger partial charge on any atom is 0.0483 e. The first-order chi connectivity index (χ1) is 6.86. The second-order valence-electron chi connectivity index (χ2n) is 3.66. The summed E-state index contributed by atoms with van der Waals surface area (Å²) in [4.78, 5) is 2.38. The predicted octanol–water partition coefficient (Wildman–Crippen LogP) is 2.09. The molecule has 0 amide bonds. The van der Waals surface area contributed by atoms with E-state index in [0.29, 0.717) is 0 Å². The summed E-state index contributed by atoms with van der Waals surface area (Å²) < 4.78 is 0. The Morgan fingerprint density at radius 1 is 1.36 bits per heavy atom. The van der Waals surface area contributed by atoms with Gasteiger partial charge in [0.2, 0.25) is 0 Å². The molecule has 1 aliphatic heterocycles. The summed E-state index contributed by atoms with van der Waals surface area (Å²) in [5, 5.41) is 4.23. The molecule has 1 N–H and O–H groups in total. The molecule has 1 heterocycles. The molecular formula is C11H15ClN2. The van der Waals surface area contributed by atoms with Gasteiger partial charge in [0.25, 0.3) is 0 Å². The van der Waals surface area contributed by atoms with E-state index in [9.17, 15) is 0 Å². The predicted molar refractivity (Wildman–Crippen MR) is 59.3 cm³/mol. The zero-order valence-corrected chi connectivity index (χ0v) is 8.93. The highest BCUT2D eigenvalue weighted by Gasteiger charge is 2.10. The second-order valence-corrected chi connectivity index (χ2v) is 4.06. The summed E-state index contributed by atoms with van der Waals surface area (Å²) in [6.45, 7) is 4.23. The minimum atomic E-state index is 0.873. The van der Waals surface area contributed by atoms with Crippen LogP contribution >= 0.6 is 11.6 Å². The van der Waals surface area contributed by atoms with E-state index in [1.807, 2.05) is 18.2 Å². The highest BCUT2D eigenvalue weighted by Crippen LogP contribution is 2.17. The third-order valence-corrected chi connectivity index (χ3v) is 2.88. The van der Waals surface area contributed by atoms with Crippen molar-refractivity contribution in [2.45, 2.75) is 13.0 Å². The van der Waals surface area contributed by atoms with Crippen LogP contribution in [0.15, 0.2) is 24.3 Å². The lowest BCUT2D eigenvalue weighted by Crippen LogP contribution is -2.40. The Labute approximate surface area is 89.9 Å². The molecule has 2 rings (SSSR count). The molecule has 0 aromatic heterocycles. The van der Waals surface area contributed by atoms with E-state index in [-0.39, 0.29) is 0 Å². The van der Waals surface area contributed by atoms with Crippen molar-refractivity contribution in [3.63, 3.8) is 0 Å². The Morgan fingerprint density at radius 3 is 2.93 bits per heavy atom. The van der Waals surface area contributed by atoms with Crippen LogP contribution in [-0.2, 0) is 6.54 Å². The fraction of sp³-hybridized carbons (Fsp3) is 0.455. The van der Waals surface area contributed by atoms with Gasteiger partial charge in [-0.25, -0.2) is 0 Å². The zero-order valence-electron chi connectivity index (χ0n) is 8.17. The SMILES string of the molecule is Clc1ccccc1CN1CCCNC1. The topological polar surface area (TPSA) is 15.3 Å². The van der Waals surface area contributed by atoms with Gasteiger partial charge < -0.3 is 5.32 Å². The summed E-state index contributed by atoms with van der Waals surface area (Å²) in [6.07, 6.45) is 1.23. The molecule has 0 bridgehead atoms. The zero-order chi connectivity index (χ0) is 9.80. The van der Waals surface area contributed by atoms with Crippen LogP contribution in [0.4, 0.5) is 0 Å². The van der Waals surface area contributed by atoms with Gasteiger partial charge in [-0.1, -0.05) is 29.8 Å². The minimum absolute atomic E-state index is 0.873. The van der Waals surface area contributed by atoms with Crippen LogP contribution in [0.2, 0.25) is 5.02 Å². The molecule has 76 valence electrons. The molecule has 0 saturated carbocycles. The Bertz CT molecular complexity index is 295. The van der Waals surface area contributed by atoms with Crippen LogP contribution in [0.25, 0.3) is 0 Å². The van der Waals surface area contributed by atoms with Crippen LogP contribution in [-0.4, -0.2) is 24.7 Å². The number of halogens is 1. The molecule has 0 atom stereocenters. The van der Waals surface area contributed by atoms with Crippen LogP contribution in [0.3, 0.4) is 0 Å². The third-order valence-electron chi connectivity index (χ3n) is 2.52. The fourth-order valence-corrected chi connectivity index (χ4v) is 1.94. The molecule has 1 fully saturated rings. The maximum absolute atomic E-state index is 6.10. The Hall–Kier alpha value is -0.570. The van der Waals surface area contributed by atoms with E-state index in [1.54, 1.807) is 0 Å². The quantitative estimate of drug-likeness (QED) is 0.805. The monoisotopic (exact) mass is 210 g/mol. The average molecular weight is 211 g/mol. The van der Waals surface area contributed by atoms with Crippen LogP contribution in [0.1, 0.15) is 12.0 Å². The summed E-state index contributed by atoms with van der Waals surface area (Å²) in [5.74, 6) is 0. The molecule has 2 nitrogen and oxygen atoms in total. The van der Waals surface area contributed by atoms with Crippen LogP contribution in [0.5, 0.6) is 0 Å². The maximum atomic E-state index is 6.10. The molecular weight excluding hydrogens is 196 g/mol. The van der Waals surface area contributed by atoms with Gasteiger partial charge >= 0.3 is 0 Å². The average Bonchev–Trinajstić information content (AvgIpc) is 2.23. The summed E-state index contributed by atoms with van der Waals surface area (Å²) in [7, 11) is 0. The van der Waals surface area contributed by atoms with Crippen molar-refractivity contribution in [3.05, 3.63) is 34.9 Å². The number of nitrogens with one attached hydrogen (secondary N) is 1. The van der Waals surface area contributed by atoms with E-state index in [2.05, 4.69) is 16.3 Å². The van der Waals surface area contributed by atoms with E-state index in [0.717, 1.165) is 31.3 Å². The normalized spacial score (nSPS) is 18.4. The minimum Gasteiger partial charge on any atom is -0.304 e. The molecule has 0 unspecified atom stereocenters. The van der Waals surface area contributed by atoms with Crippen molar-refractivity contribution >= 4 is 11.6 Å². The van der Waals surface area contributed by atoms with Crippen molar-refractivity contribution < 1.29 is 0 Å². The molecule has 1 aromatic rings. The van der Waals surface area contributed by atoms with Gasteiger partial charge in [0.1, 0.15) is 0 Å². The largest absolute Gasteiger partial charge is 0.304 e. The van der Waals surface area contributed by atoms with E-state index in [4.69, 9.17) is 11.6 Å². The third kappa shape index (κ3) is 2.47. The van der Waals surface area contributed by atoms with Crippen molar-refractivity contribution in [2.24, 2.45) is 0 Å². The molecule has 1 saturated heterocycles. The van der Waals surface area contributed by atoms with Gasteiger partial charge in [-0.3, -0.25) is 4.90 Å². The molecule has 1 aromatic carbocycles. The van der Waals surface area contributed by atoms with Crippen LogP contribution < -0.4 is 5.32 Å². The standard InChI is InChI=1S/C11H15ClN2/c12-11-5-2-1-4-10(11)8-14-7-3-6-13-9-14/h1-2,4-5,13H,3,6-9H2. The number of benzene rings is 1. The van der Waals surface area contributed by atoms with Gasteiger partial charge in [-0.05, 0) is 24.6 Å². The number of hydrogen-bond acceptors (Lipinski definition) is 2. The Kier molecular flexibility index (Phi) is 3.40. The molecule has 0 spiro atoms. The van der Waals surface area contributed by atoms with E-state index >= 15 is 0 Å². The smallest absolute Gasteiger partial charge is 0.0483 e. The molecule has 3 heteroatoms. The van der Waals surface area contributed by atoms with Gasteiger partial charge in [0, 0.05) is 24.8 Å². The lowest BCUT2D eigenvalue weighted by atomic mass is 10.2. The second kappa shape index (κ2) is 4.78. The highest BCUT2D eigenvalue weighted by atomic mass is 35.5. The van der Waals surface area contributed by atoms with Crippen molar-refractivity contribution in [3.8, 4) is 0 Å². The number of hydrogen-bond donors (Lipinski definition) is 1. The van der Waals surface area contributed by atoms with Gasteiger partial charge in [-0.15, -0.1) is 0 Å². The first-order valence-electron chi connectivity index (χ1n) is 5.03. The van der Waals surface area contributed by atoms with E-state index in [1.165, 1.54) is 12.0 Å². The van der Waals surface area contributed by atoms with Crippen molar-refractivity contribution in [1.82, 2.24) is 10.2 Å². The lowest BCUT2D eigenvalue weighted by molar-refractivity contribution is 0.208. The summed E-state index contributed by atoms with van der Waals surface area (Å²) in [6, 6.07) is 8.06. The molecule has 0 aliphatic carbocycles. The first-order valence-corrected chi connectivity index (χ1v) is 5.40. The molecule has 0 radical (unpaired) electrons. The summed E-state index contributed by atoms with van der Waals surface area (Å²) in [5.41, 5.74) is 1.22. The Morgan fingerprint density at radius 2 is 2.21 bits per heavy atom. The lowest BCUT2D eigenvalue weighted by Gasteiger charge is -2.27. The fourth-order valence-electron chi connectivity index (χ4n) is 1.75. The van der Waals surface area contributed by atoms with Crippen LogP contribution in [0, 0.1) is 0 Å². The number of rotatable bonds is 2. The number of nitrogens with zero attached hydrogens (tertiary/aromatic N) is 1.